The Hall–Kier alpha value is -2.18. The van der Waals surface area contributed by atoms with Gasteiger partial charge in [-0.15, -0.1) is 0 Å². The largest absolute Gasteiger partial charge is 0.337 e. The van der Waals surface area contributed by atoms with Crippen molar-refractivity contribution in [1.29, 1.82) is 0 Å². The van der Waals surface area contributed by atoms with Gasteiger partial charge in [0.15, 0.2) is 0 Å². The van der Waals surface area contributed by atoms with Crippen LogP contribution in [0, 0.1) is 15.9 Å². The van der Waals surface area contributed by atoms with Gasteiger partial charge in [0.25, 0.3) is 11.6 Å². The van der Waals surface area contributed by atoms with E-state index in [0.717, 1.165) is 6.07 Å². The summed E-state index contributed by atoms with van der Waals surface area (Å²) >= 11 is 11.9. The zero-order valence-corrected chi connectivity index (χ0v) is 13.4. The van der Waals surface area contributed by atoms with Crippen molar-refractivity contribution in [3.05, 3.63) is 73.5 Å². The van der Waals surface area contributed by atoms with Gasteiger partial charge in [0.2, 0.25) is 0 Å². The van der Waals surface area contributed by atoms with E-state index >= 15 is 0 Å². The van der Waals surface area contributed by atoms with E-state index in [-0.39, 0.29) is 33.4 Å². The maximum Gasteiger partial charge on any atom is 0.270 e. The molecule has 5 nitrogen and oxygen atoms in total. The number of hydrogen-bond acceptors (Lipinski definition) is 3. The summed E-state index contributed by atoms with van der Waals surface area (Å²) in [6.45, 7) is -0.0579. The topological polar surface area (TPSA) is 63.5 Å². The van der Waals surface area contributed by atoms with Crippen LogP contribution in [0.15, 0.2) is 36.4 Å². The highest BCUT2D eigenvalue weighted by Gasteiger charge is 2.20. The van der Waals surface area contributed by atoms with Crippen LogP contribution in [0.25, 0.3) is 0 Å². The SMILES string of the molecule is CN(Cc1c(F)cccc1Cl)C(=O)c1ccc([N+](=O)[O-])cc1Cl. The van der Waals surface area contributed by atoms with Crippen molar-refractivity contribution in [2.75, 3.05) is 7.05 Å². The average Bonchev–Trinajstić information content (AvgIpc) is 2.50. The fourth-order valence-electron chi connectivity index (χ4n) is 1.99. The van der Waals surface area contributed by atoms with Gasteiger partial charge in [0.05, 0.1) is 15.5 Å². The average molecular weight is 357 g/mol. The molecule has 8 heteroatoms. The van der Waals surface area contributed by atoms with Crippen LogP contribution in [-0.4, -0.2) is 22.8 Å². The zero-order chi connectivity index (χ0) is 17.1. The molecule has 0 saturated heterocycles. The molecule has 0 aliphatic rings. The first-order valence-electron chi connectivity index (χ1n) is 6.43. The Morgan fingerprint density at radius 3 is 2.52 bits per heavy atom. The van der Waals surface area contributed by atoms with Crippen LogP contribution < -0.4 is 0 Å². The Bertz CT molecular complexity index is 763. The molecule has 0 aliphatic heterocycles. The van der Waals surface area contributed by atoms with E-state index in [1.54, 1.807) is 0 Å². The van der Waals surface area contributed by atoms with Gasteiger partial charge >= 0.3 is 0 Å². The van der Waals surface area contributed by atoms with Gasteiger partial charge in [-0.2, -0.15) is 0 Å². The molecular weight excluding hydrogens is 346 g/mol. The van der Waals surface area contributed by atoms with Gasteiger partial charge in [-0.25, -0.2) is 4.39 Å². The number of rotatable bonds is 4. The van der Waals surface area contributed by atoms with Crippen LogP contribution in [0.1, 0.15) is 15.9 Å². The lowest BCUT2D eigenvalue weighted by Gasteiger charge is -2.19. The molecule has 23 heavy (non-hydrogen) atoms. The van der Waals surface area contributed by atoms with Crippen molar-refractivity contribution < 1.29 is 14.1 Å². The quantitative estimate of drug-likeness (QED) is 0.605. The van der Waals surface area contributed by atoms with Crippen molar-refractivity contribution in [2.24, 2.45) is 0 Å². The Balaban J connectivity index is 2.25. The minimum atomic E-state index is -0.608. The molecule has 0 aromatic heterocycles. The van der Waals surface area contributed by atoms with Crippen LogP contribution in [0.3, 0.4) is 0 Å². The first kappa shape index (κ1) is 17.2. The lowest BCUT2D eigenvalue weighted by Crippen LogP contribution is -2.27. The monoisotopic (exact) mass is 356 g/mol. The van der Waals surface area contributed by atoms with Gasteiger partial charge < -0.3 is 4.90 Å². The molecule has 2 rings (SSSR count). The molecule has 0 aliphatic carbocycles. The lowest BCUT2D eigenvalue weighted by atomic mass is 10.1. The van der Waals surface area contributed by atoms with E-state index in [1.165, 1.54) is 42.3 Å². The third kappa shape index (κ3) is 3.78. The van der Waals surface area contributed by atoms with E-state index in [9.17, 15) is 19.3 Å². The van der Waals surface area contributed by atoms with Crippen LogP contribution in [-0.2, 0) is 6.54 Å². The summed E-state index contributed by atoms with van der Waals surface area (Å²) in [5.41, 5.74) is 0.0571. The normalized spacial score (nSPS) is 10.4. The highest BCUT2D eigenvalue weighted by Crippen LogP contribution is 2.25. The van der Waals surface area contributed by atoms with Crippen LogP contribution >= 0.6 is 23.2 Å². The van der Waals surface area contributed by atoms with E-state index in [1.807, 2.05) is 0 Å². The number of nitro groups is 1. The third-order valence-corrected chi connectivity index (χ3v) is 3.86. The number of carbonyl (C=O) groups excluding carboxylic acids is 1. The summed E-state index contributed by atoms with van der Waals surface area (Å²) in [5, 5.41) is 10.8. The Kier molecular flexibility index (Phi) is 5.18. The number of hydrogen-bond donors (Lipinski definition) is 0. The standard InChI is InChI=1S/C15H11Cl2FN2O3/c1-19(8-11-12(16)3-2-4-14(11)18)15(21)10-6-5-9(20(22)23)7-13(10)17/h2-7H,8H2,1H3. The van der Waals surface area contributed by atoms with Crippen molar-refractivity contribution in [1.82, 2.24) is 4.90 Å². The first-order chi connectivity index (χ1) is 10.8. The van der Waals surface area contributed by atoms with E-state index in [2.05, 4.69) is 0 Å². The van der Waals surface area contributed by atoms with Gasteiger partial charge in [-0.1, -0.05) is 29.3 Å². The van der Waals surface area contributed by atoms with Crippen molar-refractivity contribution in [3.8, 4) is 0 Å². The molecule has 0 atom stereocenters. The lowest BCUT2D eigenvalue weighted by molar-refractivity contribution is -0.384. The molecule has 120 valence electrons. The molecule has 0 fully saturated rings. The first-order valence-corrected chi connectivity index (χ1v) is 7.19. The summed E-state index contributed by atoms with van der Waals surface area (Å²) < 4.78 is 13.8. The fourth-order valence-corrected chi connectivity index (χ4v) is 2.47. The molecule has 0 saturated carbocycles. The molecular formula is C15H11Cl2FN2O3. The van der Waals surface area contributed by atoms with E-state index in [0.29, 0.717) is 0 Å². The number of nitro benzene ring substituents is 1. The Labute approximate surface area is 141 Å². The van der Waals surface area contributed by atoms with Crippen molar-refractivity contribution >= 4 is 34.8 Å². The predicted octanol–water partition coefficient (Wildman–Crippen LogP) is 4.31. The molecule has 0 radical (unpaired) electrons. The molecule has 2 aromatic rings. The molecule has 0 N–H and O–H groups in total. The van der Waals surface area contributed by atoms with Gasteiger partial charge in [-0.05, 0) is 18.2 Å². The third-order valence-electron chi connectivity index (χ3n) is 3.20. The fraction of sp³-hybridized carbons (Fsp3) is 0.133. The number of nitrogens with zero attached hydrogens (tertiary/aromatic N) is 2. The van der Waals surface area contributed by atoms with Gasteiger partial charge in [-0.3, -0.25) is 14.9 Å². The summed E-state index contributed by atoms with van der Waals surface area (Å²) in [7, 11) is 1.46. The van der Waals surface area contributed by atoms with Crippen LogP contribution in [0.5, 0.6) is 0 Å². The summed E-state index contributed by atoms with van der Waals surface area (Å²) in [5.74, 6) is -1.02. The smallest absolute Gasteiger partial charge is 0.270 e. The molecule has 0 bridgehead atoms. The summed E-state index contributed by atoms with van der Waals surface area (Å²) in [6, 6.07) is 7.79. The van der Waals surface area contributed by atoms with E-state index < -0.39 is 16.6 Å². The molecule has 0 spiro atoms. The Morgan fingerprint density at radius 2 is 1.96 bits per heavy atom. The molecule has 0 unspecified atom stereocenters. The predicted molar refractivity (Wildman–Crippen MR) is 85.3 cm³/mol. The van der Waals surface area contributed by atoms with Crippen LogP contribution in [0.2, 0.25) is 10.0 Å². The number of non-ortho nitro benzene ring substituents is 1. The highest BCUT2D eigenvalue weighted by molar-refractivity contribution is 6.34. The molecule has 0 heterocycles. The number of benzene rings is 2. The summed E-state index contributed by atoms with van der Waals surface area (Å²) in [4.78, 5) is 23.7. The highest BCUT2D eigenvalue weighted by atomic mass is 35.5. The van der Waals surface area contributed by atoms with Crippen molar-refractivity contribution in [2.45, 2.75) is 6.54 Å². The Morgan fingerprint density at radius 1 is 1.26 bits per heavy atom. The van der Waals surface area contributed by atoms with Crippen LogP contribution in [0.4, 0.5) is 10.1 Å². The number of halogens is 3. The second-order valence-electron chi connectivity index (χ2n) is 4.78. The second-order valence-corrected chi connectivity index (χ2v) is 5.60. The summed E-state index contributed by atoms with van der Waals surface area (Å²) in [6.07, 6.45) is 0. The maximum absolute atomic E-state index is 13.8. The number of amides is 1. The molecule has 1 amide bonds. The van der Waals surface area contributed by atoms with Gasteiger partial charge in [0.1, 0.15) is 5.82 Å². The number of carbonyl (C=O) groups is 1. The van der Waals surface area contributed by atoms with Gasteiger partial charge in [0, 0.05) is 36.3 Å². The second kappa shape index (κ2) is 6.93. The maximum atomic E-state index is 13.8. The van der Waals surface area contributed by atoms with Crippen molar-refractivity contribution in [3.63, 3.8) is 0 Å². The minimum Gasteiger partial charge on any atom is -0.337 e. The minimum absolute atomic E-state index is 0.0457. The zero-order valence-electron chi connectivity index (χ0n) is 11.9. The van der Waals surface area contributed by atoms with E-state index in [4.69, 9.17) is 23.2 Å². The molecule has 2 aromatic carbocycles.